The van der Waals surface area contributed by atoms with Crippen LogP contribution in [0.15, 0.2) is 18.2 Å². The summed E-state index contributed by atoms with van der Waals surface area (Å²) < 4.78 is 14.4. The number of benzene rings is 1. The lowest BCUT2D eigenvalue weighted by atomic mass is 9.99. The molecule has 5 heteroatoms. The minimum atomic E-state index is -0.270. The van der Waals surface area contributed by atoms with Gasteiger partial charge in [0.25, 0.3) is 0 Å². The van der Waals surface area contributed by atoms with Crippen molar-refractivity contribution in [1.29, 1.82) is 0 Å². The molecule has 0 aromatic heterocycles. The fourth-order valence-electron chi connectivity index (χ4n) is 3.14. The molecule has 0 aliphatic carbocycles. The molecule has 0 unspecified atom stereocenters. The molecule has 1 saturated heterocycles. The van der Waals surface area contributed by atoms with Gasteiger partial charge in [0.05, 0.1) is 11.8 Å². The second kappa shape index (κ2) is 9.02. The highest BCUT2D eigenvalue weighted by molar-refractivity contribution is 5.76. The quantitative estimate of drug-likeness (QED) is 0.804. The summed E-state index contributed by atoms with van der Waals surface area (Å²) in [6.45, 7) is 5.88. The summed E-state index contributed by atoms with van der Waals surface area (Å²) in [7, 11) is 0. The minimum absolute atomic E-state index is 0.0261. The first kappa shape index (κ1) is 18.7. The predicted molar refractivity (Wildman–Crippen MR) is 94.4 cm³/mol. The fourth-order valence-corrected chi connectivity index (χ4v) is 3.14. The van der Waals surface area contributed by atoms with Crippen molar-refractivity contribution < 1.29 is 14.3 Å². The average Bonchev–Trinajstić information content (AvgIpc) is 2.59. The maximum absolute atomic E-state index is 14.4. The highest BCUT2D eigenvalue weighted by Gasteiger charge is 2.19. The number of hydrogen-bond donors (Lipinski definition) is 2. The second-order valence-electron chi connectivity index (χ2n) is 6.67. The van der Waals surface area contributed by atoms with Crippen LogP contribution in [0.3, 0.4) is 0 Å². The van der Waals surface area contributed by atoms with Crippen LogP contribution < -0.4 is 10.2 Å². The summed E-state index contributed by atoms with van der Waals surface area (Å²) in [6, 6.07) is 5.13. The minimum Gasteiger partial charge on any atom is -0.393 e. The van der Waals surface area contributed by atoms with Gasteiger partial charge in [-0.05, 0) is 36.5 Å². The summed E-state index contributed by atoms with van der Waals surface area (Å²) in [5.41, 5.74) is 1.35. The van der Waals surface area contributed by atoms with Gasteiger partial charge in [-0.15, -0.1) is 0 Å². The Morgan fingerprint density at radius 3 is 2.58 bits per heavy atom. The summed E-state index contributed by atoms with van der Waals surface area (Å²) in [5.74, 6) is 0.176. The van der Waals surface area contributed by atoms with Gasteiger partial charge in [-0.25, -0.2) is 4.39 Å². The van der Waals surface area contributed by atoms with Gasteiger partial charge < -0.3 is 15.3 Å². The number of nitrogens with one attached hydrogen (secondary N) is 1. The first-order chi connectivity index (χ1) is 11.5. The molecular weight excluding hydrogens is 307 g/mol. The van der Waals surface area contributed by atoms with Crippen LogP contribution in [-0.2, 0) is 11.3 Å². The maximum Gasteiger partial charge on any atom is 0.220 e. The molecule has 0 radical (unpaired) electrons. The monoisotopic (exact) mass is 336 g/mol. The van der Waals surface area contributed by atoms with Gasteiger partial charge in [0.15, 0.2) is 0 Å². The van der Waals surface area contributed by atoms with Gasteiger partial charge in [-0.1, -0.05) is 32.8 Å². The molecule has 0 bridgehead atoms. The fraction of sp³-hybridized carbons (Fsp3) is 0.632. The van der Waals surface area contributed by atoms with Crippen molar-refractivity contribution in [2.45, 2.75) is 58.6 Å². The molecule has 0 spiro atoms. The van der Waals surface area contributed by atoms with E-state index in [1.165, 1.54) is 6.07 Å². The maximum atomic E-state index is 14.4. The van der Waals surface area contributed by atoms with Crippen molar-refractivity contribution in [1.82, 2.24) is 5.32 Å². The Kier molecular flexibility index (Phi) is 7.03. The van der Waals surface area contributed by atoms with E-state index in [0.29, 0.717) is 50.5 Å². The Morgan fingerprint density at radius 2 is 2.00 bits per heavy atom. The zero-order valence-electron chi connectivity index (χ0n) is 14.7. The third kappa shape index (κ3) is 5.20. The molecule has 1 amide bonds. The number of nitrogens with zero attached hydrogens (tertiary/aromatic N) is 1. The van der Waals surface area contributed by atoms with Crippen LogP contribution in [0.4, 0.5) is 10.1 Å². The smallest absolute Gasteiger partial charge is 0.220 e. The van der Waals surface area contributed by atoms with E-state index in [2.05, 4.69) is 19.2 Å². The van der Waals surface area contributed by atoms with Gasteiger partial charge in [0, 0.05) is 26.1 Å². The number of hydrogen-bond acceptors (Lipinski definition) is 3. The summed E-state index contributed by atoms with van der Waals surface area (Å²) in [6.07, 6.45) is 3.61. The first-order valence-electron chi connectivity index (χ1n) is 9.01. The lowest BCUT2D eigenvalue weighted by Gasteiger charge is -2.31. The summed E-state index contributed by atoms with van der Waals surface area (Å²) in [5, 5.41) is 12.4. The molecule has 24 heavy (non-hydrogen) atoms. The zero-order valence-corrected chi connectivity index (χ0v) is 14.7. The first-order valence-corrected chi connectivity index (χ1v) is 9.01. The molecule has 2 N–H and O–H groups in total. The Morgan fingerprint density at radius 1 is 1.33 bits per heavy atom. The van der Waals surface area contributed by atoms with Crippen LogP contribution in [0.2, 0.25) is 0 Å². The number of carbonyl (C=O) groups excluding carboxylic acids is 1. The number of rotatable bonds is 7. The van der Waals surface area contributed by atoms with E-state index in [1.807, 2.05) is 11.0 Å². The van der Waals surface area contributed by atoms with Crippen LogP contribution >= 0.6 is 0 Å². The Bertz CT molecular complexity index is 538. The number of amides is 1. The molecule has 4 nitrogen and oxygen atoms in total. The Labute approximate surface area is 144 Å². The summed E-state index contributed by atoms with van der Waals surface area (Å²) in [4.78, 5) is 13.9. The number of anilines is 1. The van der Waals surface area contributed by atoms with Gasteiger partial charge in [0.2, 0.25) is 5.91 Å². The molecule has 0 atom stereocenters. The molecule has 134 valence electrons. The van der Waals surface area contributed by atoms with Crippen LogP contribution in [0.1, 0.15) is 51.5 Å². The van der Waals surface area contributed by atoms with Crippen LogP contribution in [0.5, 0.6) is 0 Å². The van der Waals surface area contributed by atoms with E-state index >= 15 is 0 Å². The van der Waals surface area contributed by atoms with E-state index in [0.717, 1.165) is 18.4 Å². The largest absolute Gasteiger partial charge is 0.393 e. The Hall–Kier alpha value is -1.62. The van der Waals surface area contributed by atoms with E-state index in [1.54, 1.807) is 6.07 Å². The van der Waals surface area contributed by atoms with E-state index < -0.39 is 0 Å². The number of halogens is 1. The molecule has 1 aliphatic rings. The van der Waals surface area contributed by atoms with Gasteiger partial charge >= 0.3 is 0 Å². The molecule has 1 aliphatic heterocycles. The van der Waals surface area contributed by atoms with Gasteiger partial charge in [-0.3, -0.25) is 4.79 Å². The van der Waals surface area contributed by atoms with Crippen LogP contribution in [0.25, 0.3) is 0 Å². The van der Waals surface area contributed by atoms with Crippen LogP contribution in [-0.4, -0.2) is 30.2 Å². The number of piperidine rings is 1. The third-order valence-electron chi connectivity index (χ3n) is 4.94. The predicted octanol–water partition coefficient (Wildman–Crippen LogP) is 3.23. The summed E-state index contributed by atoms with van der Waals surface area (Å²) >= 11 is 0. The van der Waals surface area contributed by atoms with E-state index in [-0.39, 0.29) is 17.8 Å². The number of aliphatic hydroxyl groups excluding tert-OH is 1. The van der Waals surface area contributed by atoms with Crippen molar-refractivity contribution in [3.05, 3.63) is 29.6 Å². The van der Waals surface area contributed by atoms with Gasteiger partial charge in [-0.2, -0.15) is 0 Å². The highest BCUT2D eigenvalue weighted by atomic mass is 19.1. The van der Waals surface area contributed by atoms with E-state index in [9.17, 15) is 14.3 Å². The normalized spacial score (nSPS) is 15.8. The zero-order chi connectivity index (χ0) is 17.5. The molecule has 1 aromatic carbocycles. The van der Waals surface area contributed by atoms with Crippen molar-refractivity contribution in [2.24, 2.45) is 5.92 Å². The van der Waals surface area contributed by atoms with E-state index in [4.69, 9.17) is 0 Å². The van der Waals surface area contributed by atoms with Crippen molar-refractivity contribution in [3.63, 3.8) is 0 Å². The molecular formula is C19H29FN2O2. The molecule has 1 heterocycles. The highest BCUT2D eigenvalue weighted by Crippen LogP contribution is 2.24. The SMILES string of the molecule is CCC(CC)CC(=O)NCc1ccc(N2CCC(O)CC2)c(F)c1. The van der Waals surface area contributed by atoms with Crippen LogP contribution in [0, 0.1) is 11.7 Å². The number of carbonyl (C=O) groups is 1. The Balaban J connectivity index is 1.89. The average molecular weight is 336 g/mol. The lowest BCUT2D eigenvalue weighted by Crippen LogP contribution is -2.36. The topological polar surface area (TPSA) is 52.6 Å². The van der Waals surface area contributed by atoms with Crippen molar-refractivity contribution >= 4 is 11.6 Å². The van der Waals surface area contributed by atoms with Crippen molar-refractivity contribution in [3.8, 4) is 0 Å². The standard InChI is InChI=1S/C19H29FN2O2/c1-3-14(4-2)12-19(24)21-13-15-5-6-18(17(20)11-15)22-9-7-16(23)8-10-22/h5-6,11,14,16,23H,3-4,7-10,12-13H2,1-2H3,(H,21,24). The number of aliphatic hydroxyl groups is 1. The lowest BCUT2D eigenvalue weighted by molar-refractivity contribution is -0.122. The second-order valence-corrected chi connectivity index (χ2v) is 6.67. The van der Waals surface area contributed by atoms with Gasteiger partial charge in [0.1, 0.15) is 5.82 Å². The molecule has 0 saturated carbocycles. The molecule has 2 rings (SSSR count). The third-order valence-corrected chi connectivity index (χ3v) is 4.94. The van der Waals surface area contributed by atoms with Crippen molar-refractivity contribution in [2.75, 3.05) is 18.0 Å². The molecule has 1 aromatic rings. The molecule has 1 fully saturated rings.